The van der Waals surface area contributed by atoms with Gasteiger partial charge in [-0.2, -0.15) is 0 Å². The summed E-state index contributed by atoms with van der Waals surface area (Å²) in [6, 6.07) is 6.85. The number of aromatic nitrogens is 2. The third kappa shape index (κ3) is 5.40. The zero-order chi connectivity index (χ0) is 19.1. The number of likely N-dealkylation sites (N-methyl/N-ethyl adjacent to an activating group) is 1. The number of nitrogens with zero attached hydrogens (tertiary/aromatic N) is 2. The van der Waals surface area contributed by atoms with E-state index < -0.39 is 17.2 Å². The van der Waals surface area contributed by atoms with E-state index in [2.05, 4.69) is 10.3 Å². The Morgan fingerprint density at radius 3 is 2.50 bits per heavy atom. The summed E-state index contributed by atoms with van der Waals surface area (Å²) in [6.07, 6.45) is 1.22. The van der Waals surface area contributed by atoms with Gasteiger partial charge in [0, 0.05) is 25.4 Å². The van der Waals surface area contributed by atoms with Crippen molar-refractivity contribution in [3.05, 3.63) is 68.7 Å². The van der Waals surface area contributed by atoms with Crippen molar-refractivity contribution < 1.29 is 14.0 Å². The van der Waals surface area contributed by atoms with Crippen molar-refractivity contribution >= 4 is 11.8 Å². The Kier molecular flexibility index (Phi) is 6.42. The minimum absolute atomic E-state index is 0.172. The standard InChI is InChI=1S/C17H19FN4O4/c1-2-21(16(25)11-22-8-7-14(23)20-17(22)26)10-15(24)19-9-12-3-5-13(18)6-4-12/h3-8H,2,9-11H2,1H3,(H,19,24)(H,20,23,26). The molecule has 0 fully saturated rings. The molecule has 1 aromatic carbocycles. The molecule has 0 spiro atoms. The zero-order valence-electron chi connectivity index (χ0n) is 14.2. The number of aromatic amines is 1. The van der Waals surface area contributed by atoms with E-state index in [0.29, 0.717) is 0 Å². The molecule has 2 rings (SSSR count). The highest BCUT2D eigenvalue weighted by atomic mass is 19.1. The van der Waals surface area contributed by atoms with Gasteiger partial charge in [-0.15, -0.1) is 0 Å². The molecular weight excluding hydrogens is 343 g/mol. The van der Waals surface area contributed by atoms with Crippen molar-refractivity contribution in [3.8, 4) is 0 Å². The summed E-state index contributed by atoms with van der Waals surface area (Å²) in [7, 11) is 0. The minimum atomic E-state index is -0.692. The number of amides is 2. The summed E-state index contributed by atoms with van der Waals surface area (Å²) < 4.78 is 13.9. The molecule has 0 saturated carbocycles. The Morgan fingerprint density at radius 2 is 1.88 bits per heavy atom. The Bertz CT molecular complexity index is 889. The maximum Gasteiger partial charge on any atom is 0.328 e. The van der Waals surface area contributed by atoms with Gasteiger partial charge >= 0.3 is 5.69 Å². The van der Waals surface area contributed by atoms with Crippen LogP contribution in [-0.4, -0.2) is 39.4 Å². The molecule has 0 bridgehead atoms. The summed E-state index contributed by atoms with van der Waals surface area (Å²) in [5, 5.41) is 2.65. The molecule has 138 valence electrons. The van der Waals surface area contributed by atoms with E-state index in [0.717, 1.165) is 16.2 Å². The molecule has 0 atom stereocenters. The molecule has 0 aliphatic heterocycles. The minimum Gasteiger partial charge on any atom is -0.350 e. The molecular formula is C17H19FN4O4. The number of halogens is 1. The second-order valence-corrected chi connectivity index (χ2v) is 5.55. The first-order valence-electron chi connectivity index (χ1n) is 7.97. The lowest BCUT2D eigenvalue weighted by Gasteiger charge is -2.20. The van der Waals surface area contributed by atoms with Gasteiger partial charge in [-0.25, -0.2) is 9.18 Å². The molecule has 0 aliphatic carbocycles. The first-order valence-corrected chi connectivity index (χ1v) is 7.97. The van der Waals surface area contributed by atoms with Crippen molar-refractivity contribution in [1.29, 1.82) is 0 Å². The molecule has 8 nitrogen and oxygen atoms in total. The van der Waals surface area contributed by atoms with E-state index in [1.165, 1.54) is 23.2 Å². The Hall–Kier alpha value is -3.23. The van der Waals surface area contributed by atoms with Gasteiger partial charge in [0.1, 0.15) is 12.4 Å². The van der Waals surface area contributed by atoms with Crippen molar-refractivity contribution in [2.75, 3.05) is 13.1 Å². The Labute approximate surface area is 148 Å². The average Bonchev–Trinajstić information content (AvgIpc) is 2.61. The van der Waals surface area contributed by atoms with Gasteiger partial charge in [0.2, 0.25) is 11.8 Å². The van der Waals surface area contributed by atoms with E-state index in [4.69, 9.17) is 0 Å². The van der Waals surface area contributed by atoms with Gasteiger partial charge in [-0.3, -0.25) is 23.9 Å². The molecule has 0 radical (unpaired) electrons. The quantitative estimate of drug-likeness (QED) is 0.714. The fraction of sp³-hybridized carbons (Fsp3) is 0.294. The number of carbonyl (C=O) groups excluding carboxylic acids is 2. The molecule has 0 aliphatic rings. The van der Waals surface area contributed by atoms with Gasteiger partial charge in [0.15, 0.2) is 0 Å². The summed E-state index contributed by atoms with van der Waals surface area (Å²) >= 11 is 0. The van der Waals surface area contributed by atoms with Crippen molar-refractivity contribution in [1.82, 2.24) is 19.8 Å². The van der Waals surface area contributed by atoms with Crippen LogP contribution in [0.25, 0.3) is 0 Å². The maximum absolute atomic E-state index is 12.8. The molecule has 2 amide bonds. The number of hydrogen-bond acceptors (Lipinski definition) is 4. The predicted octanol–water partition coefficient (Wildman–Crippen LogP) is -0.159. The fourth-order valence-corrected chi connectivity index (χ4v) is 2.22. The SMILES string of the molecule is CCN(CC(=O)NCc1ccc(F)cc1)C(=O)Cn1ccc(=O)[nH]c1=O. The zero-order valence-corrected chi connectivity index (χ0v) is 14.2. The summed E-state index contributed by atoms with van der Waals surface area (Å²) in [4.78, 5) is 50.3. The van der Waals surface area contributed by atoms with Gasteiger partial charge in [-0.1, -0.05) is 12.1 Å². The van der Waals surface area contributed by atoms with E-state index in [-0.39, 0.29) is 37.9 Å². The number of rotatable bonds is 7. The van der Waals surface area contributed by atoms with Crippen molar-refractivity contribution in [3.63, 3.8) is 0 Å². The molecule has 2 N–H and O–H groups in total. The lowest BCUT2D eigenvalue weighted by molar-refractivity contribution is -0.136. The van der Waals surface area contributed by atoms with E-state index in [9.17, 15) is 23.6 Å². The summed E-state index contributed by atoms with van der Waals surface area (Å²) in [6.45, 7) is 1.75. The van der Waals surface area contributed by atoms with Crippen LogP contribution in [0.1, 0.15) is 12.5 Å². The largest absolute Gasteiger partial charge is 0.350 e. The molecule has 26 heavy (non-hydrogen) atoms. The number of carbonyl (C=O) groups is 2. The fourth-order valence-electron chi connectivity index (χ4n) is 2.22. The average molecular weight is 362 g/mol. The highest BCUT2D eigenvalue weighted by Gasteiger charge is 2.16. The van der Waals surface area contributed by atoms with Gasteiger partial charge in [0.05, 0.1) is 6.54 Å². The van der Waals surface area contributed by atoms with E-state index in [1.807, 2.05) is 0 Å². The number of benzene rings is 1. The van der Waals surface area contributed by atoms with Crippen molar-refractivity contribution in [2.24, 2.45) is 0 Å². The Morgan fingerprint density at radius 1 is 1.19 bits per heavy atom. The monoisotopic (exact) mass is 362 g/mol. The number of H-pyrrole nitrogens is 1. The highest BCUT2D eigenvalue weighted by Crippen LogP contribution is 2.02. The second kappa shape index (κ2) is 8.75. The van der Waals surface area contributed by atoms with E-state index in [1.54, 1.807) is 19.1 Å². The maximum atomic E-state index is 12.8. The Balaban J connectivity index is 1.91. The second-order valence-electron chi connectivity index (χ2n) is 5.55. The van der Waals surface area contributed by atoms with Crippen LogP contribution in [0.2, 0.25) is 0 Å². The molecule has 0 unspecified atom stereocenters. The third-order valence-corrected chi connectivity index (χ3v) is 3.67. The van der Waals surface area contributed by atoms with Crippen LogP contribution < -0.4 is 16.6 Å². The molecule has 9 heteroatoms. The number of hydrogen-bond donors (Lipinski definition) is 2. The third-order valence-electron chi connectivity index (χ3n) is 3.67. The molecule has 2 aromatic rings. The number of nitrogens with one attached hydrogen (secondary N) is 2. The van der Waals surface area contributed by atoms with Crippen LogP contribution in [0.3, 0.4) is 0 Å². The summed E-state index contributed by atoms with van der Waals surface area (Å²) in [5.41, 5.74) is -0.511. The molecule has 1 aromatic heterocycles. The van der Waals surface area contributed by atoms with E-state index >= 15 is 0 Å². The van der Waals surface area contributed by atoms with Gasteiger partial charge < -0.3 is 10.2 Å². The first-order chi connectivity index (χ1) is 12.4. The first kappa shape index (κ1) is 19.1. The van der Waals surface area contributed by atoms with Crippen LogP contribution in [-0.2, 0) is 22.7 Å². The molecule has 1 heterocycles. The van der Waals surface area contributed by atoms with Gasteiger partial charge in [0.25, 0.3) is 5.56 Å². The van der Waals surface area contributed by atoms with Gasteiger partial charge in [-0.05, 0) is 24.6 Å². The van der Waals surface area contributed by atoms with Crippen LogP contribution in [0.4, 0.5) is 4.39 Å². The van der Waals surface area contributed by atoms with Crippen LogP contribution in [0.5, 0.6) is 0 Å². The lowest BCUT2D eigenvalue weighted by atomic mass is 10.2. The lowest BCUT2D eigenvalue weighted by Crippen LogP contribution is -2.43. The van der Waals surface area contributed by atoms with Crippen molar-refractivity contribution in [2.45, 2.75) is 20.0 Å². The van der Waals surface area contributed by atoms with Crippen LogP contribution >= 0.6 is 0 Å². The summed E-state index contributed by atoms with van der Waals surface area (Å²) in [5.74, 6) is -1.17. The topological polar surface area (TPSA) is 104 Å². The smallest absolute Gasteiger partial charge is 0.328 e. The molecule has 0 saturated heterocycles. The van der Waals surface area contributed by atoms with Crippen LogP contribution in [0, 0.1) is 5.82 Å². The highest BCUT2D eigenvalue weighted by molar-refractivity contribution is 5.84. The predicted molar refractivity (Wildman–Crippen MR) is 91.8 cm³/mol. The normalized spacial score (nSPS) is 10.4. The van der Waals surface area contributed by atoms with Crippen LogP contribution in [0.15, 0.2) is 46.1 Å².